The number of aromatic nitrogens is 1. The third kappa shape index (κ3) is 2.85. The van der Waals surface area contributed by atoms with Crippen molar-refractivity contribution in [3.8, 4) is 0 Å². The van der Waals surface area contributed by atoms with E-state index in [0.717, 1.165) is 25.3 Å². The van der Waals surface area contributed by atoms with E-state index in [0.29, 0.717) is 5.92 Å². The summed E-state index contributed by atoms with van der Waals surface area (Å²) in [5.74, 6) is 0.700. The molecule has 2 heterocycles. The average Bonchev–Trinajstić information content (AvgIpc) is 2.32. The number of pyridine rings is 1. The lowest BCUT2D eigenvalue weighted by Crippen LogP contribution is -2.33. The van der Waals surface area contributed by atoms with Crippen molar-refractivity contribution in [1.29, 1.82) is 0 Å². The van der Waals surface area contributed by atoms with Crippen LogP contribution in [0.3, 0.4) is 0 Å². The van der Waals surface area contributed by atoms with Crippen molar-refractivity contribution in [1.82, 2.24) is 9.88 Å². The summed E-state index contributed by atoms with van der Waals surface area (Å²) in [5.41, 5.74) is 1.05. The normalized spacial score (nSPS) is 20.7. The van der Waals surface area contributed by atoms with Crippen LogP contribution in [0.1, 0.15) is 12.8 Å². The lowest BCUT2D eigenvalue weighted by Gasteiger charge is -2.23. The van der Waals surface area contributed by atoms with Gasteiger partial charge < -0.3 is 15.2 Å². The summed E-state index contributed by atoms with van der Waals surface area (Å²) in [6.07, 6.45) is 4.39. The maximum Gasteiger partial charge on any atom is 0.250 e. The first kappa shape index (κ1) is 11.2. The van der Waals surface area contributed by atoms with E-state index in [1.165, 1.54) is 12.8 Å². The molecule has 1 aliphatic heterocycles. The predicted molar refractivity (Wildman–Crippen MR) is 65.8 cm³/mol. The number of piperidine rings is 1. The number of hydrogen-bond donors (Lipinski definition) is 2. The fourth-order valence-electron chi connectivity index (χ4n) is 2.06. The van der Waals surface area contributed by atoms with Gasteiger partial charge in [-0.25, -0.2) is 0 Å². The molecular weight excluding hydrogens is 202 g/mol. The standard InChI is InChI=1S/C12H19N3O/c1-15-9-11(4-5-12(15)16)14-8-10-3-2-6-13-7-10/h4-5,9-10,13-14H,2-3,6-8H2,1H3. The van der Waals surface area contributed by atoms with Crippen LogP contribution in [0.15, 0.2) is 23.1 Å². The van der Waals surface area contributed by atoms with Gasteiger partial charge in [-0.1, -0.05) is 0 Å². The molecule has 2 rings (SSSR count). The molecule has 2 N–H and O–H groups in total. The summed E-state index contributed by atoms with van der Waals surface area (Å²) >= 11 is 0. The lowest BCUT2D eigenvalue weighted by atomic mass is 10.00. The first-order chi connectivity index (χ1) is 7.75. The van der Waals surface area contributed by atoms with Gasteiger partial charge in [0, 0.05) is 25.9 Å². The van der Waals surface area contributed by atoms with Crippen LogP contribution in [-0.4, -0.2) is 24.2 Å². The first-order valence-corrected chi connectivity index (χ1v) is 5.87. The van der Waals surface area contributed by atoms with Crippen molar-refractivity contribution in [3.63, 3.8) is 0 Å². The minimum absolute atomic E-state index is 0.0323. The summed E-state index contributed by atoms with van der Waals surface area (Å²) in [7, 11) is 1.77. The van der Waals surface area contributed by atoms with Crippen LogP contribution in [0.2, 0.25) is 0 Å². The molecule has 1 aromatic rings. The molecule has 0 bridgehead atoms. The van der Waals surface area contributed by atoms with E-state index in [9.17, 15) is 4.79 Å². The zero-order chi connectivity index (χ0) is 11.4. The van der Waals surface area contributed by atoms with Crippen LogP contribution in [0.4, 0.5) is 5.69 Å². The van der Waals surface area contributed by atoms with Gasteiger partial charge in [0.15, 0.2) is 0 Å². The highest BCUT2D eigenvalue weighted by molar-refractivity contribution is 5.40. The minimum atomic E-state index is 0.0323. The lowest BCUT2D eigenvalue weighted by molar-refractivity contribution is 0.393. The monoisotopic (exact) mass is 221 g/mol. The van der Waals surface area contributed by atoms with Crippen LogP contribution < -0.4 is 16.2 Å². The van der Waals surface area contributed by atoms with E-state index in [-0.39, 0.29) is 5.56 Å². The van der Waals surface area contributed by atoms with Crippen LogP contribution in [0, 0.1) is 5.92 Å². The maximum absolute atomic E-state index is 11.2. The molecule has 1 atom stereocenters. The number of aryl methyl sites for hydroxylation is 1. The van der Waals surface area contributed by atoms with Crippen LogP contribution in [-0.2, 0) is 7.05 Å². The van der Waals surface area contributed by atoms with Crippen LogP contribution in [0.25, 0.3) is 0 Å². The van der Waals surface area contributed by atoms with Crippen molar-refractivity contribution in [3.05, 3.63) is 28.7 Å². The Labute approximate surface area is 95.7 Å². The van der Waals surface area contributed by atoms with E-state index in [4.69, 9.17) is 0 Å². The number of anilines is 1. The molecule has 1 unspecified atom stereocenters. The largest absolute Gasteiger partial charge is 0.384 e. The zero-order valence-electron chi connectivity index (χ0n) is 9.70. The van der Waals surface area contributed by atoms with Crippen LogP contribution in [0.5, 0.6) is 0 Å². The first-order valence-electron chi connectivity index (χ1n) is 5.87. The minimum Gasteiger partial charge on any atom is -0.384 e. The van der Waals surface area contributed by atoms with Gasteiger partial charge in [0.2, 0.25) is 5.56 Å². The van der Waals surface area contributed by atoms with Gasteiger partial charge >= 0.3 is 0 Å². The van der Waals surface area contributed by atoms with Crippen molar-refractivity contribution in [2.75, 3.05) is 25.0 Å². The van der Waals surface area contributed by atoms with Gasteiger partial charge in [0.1, 0.15) is 0 Å². The summed E-state index contributed by atoms with van der Waals surface area (Å²) in [5, 5.41) is 6.78. The fourth-order valence-corrected chi connectivity index (χ4v) is 2.06. The Kier molecular flexibility index (Phi) is 3.62. The third-order valence-electron chi connectivity index (χ3n) is 3.08. The zero-order valence-corrected chi connectivity index (χ0v) is 9.70. The van der Waals surface area contributed by atoms with Gasteiger partial charge in [-0.15, -0.1) is 0 Å². The second-order valence-electron chi connectivity index (χ2n) is 4.46. The molecule has 1 fully saturated rings. The third-order valence-corrected chi connectivity index (χ3v) is 3.08. The average molecular weight is 221 g/mol. The highest BCUT2D eigenvalue weighted by Crippen LogP contribution is 2.11. The van der Waals surface area contributed by atoms with Crippen molar-refractivity contribution >= 4 is 5.69 Å². The Bertz CT molecular complexity index is 393. The Morgan fingerprint density at radius 3 is 3.12 bits per heavy atom. The van der Waals surface area contributed by atoms with Crippen molar-refractivity contribution < 1.29 is 0 Å². The summed E-state index contributed by atoms with van der Waals surface area (Å²) in [6.45, 7) is 3.22. The molecule has 0 aromatic carbocycles. The Hall–Kier alpha value is -1.29. The Morgan fingerprint density at radius 1 is 1.56 bits per heavy atom. The van der Waals surface area contributed by atoms with Gasteiger partial charge in [0.25, 0.3) is 0 Å². The van der Waals surface area contributed by atoms with Gasteiger partial charge in [-0.05, 0) is 37.9 Å². The SMILES string of the molecule is Cn1cc(NCC2CCCNC2)ccc1=O. The number of hydrogen-bond acceptors (Lipinski definition) is 3. The smallest absolute Gasteiger partial charge is 0.250 e. The molecule has 1 saturated heterocycles. The molecule has 0 spiro atoms. The second-order valence-corrected chi connectivity index (χ2v) is 4.46. The van der Waals surface area contributed by atoms with Gasteiger partial charge in [-0.2, -0.15) is 0 Å². The second kappa shape index (κ2) is 5.16. The summed E-state index contributed by atoms with van der Waals surface area (Å²) < 4.78 is 1.60. The predicted octanol–water partition coefficient (Wildman–Crippen LogP) is 0.797. The topological polar surface area (TPSA) is 46.1 Å². The number of nitrogens with zero attached hydrogens (tertiary/aromatic N) is 1. The molecule has 4 nitrogen and oxygen atoms in total. The molecule has 16 heavy (non-hydrogen) atoms. The van der Waals surface area contributed by atoms with E-state index in [2.05, 4.69) is 10.6 Å². The quantitative estimate of drug-likeness (QED) is 0.793. The molecule has 1 aliphatic rings. The fraction of sp³-hybridized carbons (Fsp3) is 0.583. The molecule has 1 aromatic heterocycles. The highest BCUT2D eigenvalue weighted by Gasteiger charge is 2.12. The molecule has 0 aliphatic carbocycles. The van der Waals surface area contributed by atoms with Crippen LogP contribution >= 0.6 is 0 Å². The Balaban J connectivity index is 1.88. The maximum atomic E-state index is 11.2. The van der Waals surface area contributed by atoms with Gasteiger partial charge in [0.05, 0.1) is 5.69 Å². The molecule has 4 heteroatoms. The highest BCUT2D eigenvalue weighted by atomic mass is 16.1. The van der Waals surface area contributed by atoms with Gasteiger partial charge in [-0.3, -0.25) is 4.79 Å². The van der Waals surface area contributed by atoms with Crippen molar-refractivity contribution in [2.45, 2.75) is 12.8 Å². The van der Waals surface area contributed by atoms with E-state index < -0.39 is 0 Å². The molecule has 0 radical (unpaired) electrons. The molecule has 88 valence electrons. The van der Waals surface area contributed by atoms with E-state index in [1.54, 1.807) is 17.7 Å². The number of rotatable bonds is 3. The van der Waals surface area contributed by atoms with Crippen molar-refractivity contribution in [2.24, 2.45) is 13.0 Å². The molecular formula is C12H19N3O. The van der Waals surface area contributed by atoms with E-state index in [1.807, 2.05) is 12.3 Å². The summed E-state index contributed by atoms with van der Waals surface area (Å²) in [6, 6.07) is 3.44. The number of nitrogens with one attached hydrogen (secondary N) is 2. The van der Waals surface area contributed by atoms with E-state index >= 15 is 0 Å². The Morgan fingerprint density at radius 2 is 2.44 bits per heavy atom. The molecule has 0 amide bonds. The molecule has 0 saturated carbocycles. The summed E-state index contributed by atoms with van der Waals surface area (Å²) in [4.78, 5) is 11.2.